The number of esters is 1. The molecule has 5 aromatic rings. The number of rotatable bonds is 6. The fourth-order valence-corrected chi connectivity index (χ4v) is 4.15. The summed E-state index contributed by atoms with van der Waals surface area (Å²) in [5.41, 5.74) is 2.32. The molecule has 40 heavy (non-hydrogen) atoms. The van der Waals surface area contributed by atoms with Crippen LogP contribution in [0.5, 0.6) is 0 Å². The Hall–Kier alpha value is -5.32. The number of anilines is 3. The average molecular weight is 539 g/mol. The lowest BCUT2D eigenvalue weighted by atomic mass is 10.1. The van der Waals surface area contributed by atoms with Gasteiger partial charge < -0.3 is 20.5 Å². The number of nitrogens with one attached hydrogen (secondary N) is 2. The minimum Gasteiger partial charge on any atom is -0.463 e. The number of carboxylic acid groups (broad SMARTS) is 1. The van der Waals surface area contributed by atoms with E-state index in [4.69, 9.17) is 14.7 Å². The Bertz CT molecular complexity index is 1770. The lowest BCUT2D eigenvalue weighted by molar-refractivity contribution is -0.155. The molecule has 3 N–H and O–H groups in total. The SMILES string of the molecule is CC(C)(C)OC(=O)CC(=O)Nc1cccc(-c2nc(Nc3ccc4c(cnn4C(=O)O)c3)c3ccccc3n2)c1. The maximum atomic E-state index is 12.4. The highest BCUT2D eigenvalue weighted by molar-refractivity contribution is 6.02. The van der Waals surface area contributed by atoms with E-state index >= 15 is 0 Å². The smallest absolute Gasteiger partial charge is 0.432 e. The van der Waals surface area contributed by atoms with E-state index in [1.807, 2.05) is 30.3 Å². The molecule has 0 aliphatic heterocycles. The third kappa shape index (κ3) is 5.88. The van der Waals surface area contributed by atoms with E-state index in [2.05, 4.69) is 15.7 Å². The van der Waals surface area contributed by atoms with Crippen molar-refractivity contribution in [3.05, 3.63) is 72.9 Å². The number of ether oxygens (including phenoxy) is 1. The molecule has 5 rings (SSSR count). The van der Waals surface area contributed by atoms with Gasteiger partial charge in [-0.15, -0.1) is 0 Å². The summed E-state index contributed by atoms with van der Waals surface area (Å²) in [5, 5.41) is 20.7. The molecule has 11 heteroatoms. The minimum absolute atomic E-state index is 0.405. The van der Waals surface area contributed by atoms with Crippen molar-refractivity contribution in [2.24, 2.45) is 0 Å². The number of para-hydroxylation sites is 1. The van der Waals surface area contributed by atoms with Crippen molar-refractivity contribution in [3.63, 3.8) is 0 Å². The van der Waals surface area contributed by atoms with Gasteiger partial charge in [-0.2, -0.15) is 9.78 Å². The second-order valence-electron chi connectivity index (χ2n) is 10.0. The summed E-state index contributed by atoms with van der Waals surface area (Å²) >= 11 is 0. The molecule has 0 aliphatic rings. The number of carbonyl (C=O) groups excluding carboxylic acids is 2. The van der Waals surface area contributed by atoms with Crippen LogP contribution in [-0.4, -0.2) is 48.4 Å². The summed E-state index contributed by atoms with van der Waals surface area (Å²) in [4.78, 5) is 45.3. The number of hydrogen-bond acceptors (Lipinski definition) is 8. The van der Waals surface area contributed by atoms with Crippen molar-refractivity contribution in [2.75, 3.05) is 10.6 Å². The molecule has 0 atom stereocenters. The minimum atomic E-state index is -1.16. The van der Waals surface area contributed by atoms with Crippen LogP contribution in [0, 0.1) is 0 Å². The van der Waals surface area contributed by atoms with Gasteiger partial charge >= 0.3 is 12.1 Å². The normalized spacial score (nSPS) is 11.4. The topological polar surface area (TPSA) is 148 Å². The van der Waals surface area contributed by atoms with Crippen LogP contribution < -0.4 is 10.6 Å². The molecule has 0 bridgehead atoms. The number of aromatic nitrogens is 4. The van der Waals surface area contributed by atoms with Gasteiger partial charge in [0.25, 0.3) is 0 Å². The average Bonchev–Trinajstić information content (AvgIpc) is 3.31. The van der Waals surface area contributed by atoms with Crippen molar-refractivity contribution in [3.8, 4) is 11.4 Å². The van der Waals surface area contributed by atoms with E-state index in [0.29, 0.717) is 45.0 Å². The molecule has 2 heterocycles. The van der Waals surface area contributed by atoms with E-state index in [1.54, 1.807) is 57.2 Å². The van der Waals surface area contributed by atoms with Crippen molar-refractivity contribution < 1.29 is 24.2 Å². The highest BCUT2D eigenvalue weighted by atomic mass is 16.6. The van der Waals surface area contributed by atoms with Crippen molar-refractivity contribution in [2.45, 2.75) is 32.8 Å². The summed E-state index contributed by atoms with van der Waals surface area (Å²) in [5.74, 6) is -0.132. The molecule has 3 aromatic carbocycles. The molecule has 0 saturated carbocycles. The molecule has 0 saturated heterocycles. The van der Waals surface area contributed by atoms with Crippen LogP contribution in [0.2, 0.25) is 0 Å². The zero-order chi connectivity index (χ0) is 28.4. The molecular weight excluding hydrogens is 512 g/mol. The lowest BCUT2D eigenvalue weighted by Gasteiger charge is -2.19. The molecule has 11 nitrogen and oxygen atoms in total. The molecule has 1 amide bonds. The first kappa shape index (κ1) is 26.3. The van der Waals surface area contributed by atoms with Gasteiger partial charge in [-0.3, -0.25) is 9.59 Å². The fraction of sp³-hybridized carbons (Fsp3) is 0.172. The first-order chi connectivity index (χ1) is 19.1. The van der Waals surface area contributed by atoms with E-state index in [1.165, 1.54) is 6.20 Å². The zero-order valence-electron chi connectivity index (χ0n) is 22.0. The Morgan fingerprint density at radius 1 is 0.950 bits per heavy atom. The van der Waals surface area contributed by atoms with Gasteiger partial charge in [0.1, 0.15) is 17.8 Å². The first-order valence-corrected chi connectivity index (χ1v) is 12.4. The summed E-state index contributed by atoms with van der Waals surface area (Å²) < 4.78 is 6.13. The predicted molar refractivity (Wildman–Crippen MR) is 151 cm³/mol. The van der Waals surface area contributed by atoms with Crippen molar-refractivity contribution >= 4 is 57.0 Å². The quantitative estimate of drug-likeness (QED) is 0.186. The van der Waals surface area contributed by atoms with Gasteiger partial charge in [-0.25, -0.2) is 14.8 Å². The van der Waals surface area contributed by atoms with Crippen LogP contribution >= 0.6 is 0 Å². The molecule has 0 radical (unpaired) electrons. The van der Waals surface area contributed by atoms with Crippen LogP contribution in [0.1, 0.15) is 27.2 Å². The van der Waals surface area contributed by atoms with E-state index < -0.39 is 30.0 Å². The van der Waals surface area contributed by atoms with Crippen LogP contribution in [0.15, 0.2) is 72.9 Å². The molecule has 0 aliphatic carbocycles. The number of carbonyl (C=O) groups is 3. The molecule has 0 spiro atoms. The molecule has 202 valence electrons. The molecular formula is C29H26N6O5. The summed E-state index contributed by atoms with van der Waals surface area (Å²) in [6.45, 7) is 5.22. The zero-order valence-corrected chi connectivity index (χ0v) is 22.0. The molecule has 2 aromatic heterocycles. The highest BCUT2D eigenvalue weighted by Crippen LogP contribution is 2.29. The van der Waals surface area contributed by atoms with Crippen molar-refractivity contribution in [1.29, 1.82) is 0 Å². The van der Waals surface area contributed by atoms with E-state index in [9.17, 15) is 19.5 Å². The highest BCUT2D eigenvalue weighted by Gasteiger charge is 2.19. The number of nitrogens with zero attached hydrogens (tertiary/aromatic N) is 4. The Balaban J connectivity index is 1.43. The second kappa shape index (κ2) is 10.4. The maximum absolute atomic E-state index is 12.4. The van der Waals surface area contributed by atoms with Gasteiger partial charge in [0, 0.05) is 27.7 Å². The van der Waals surface area contributed by atoms with Gasteiger partial charge in [-0.05, 0) is 63.2 Å². The van der Waals surface area contributed by atoms with E-state index in [-0.39, 0.29) is 0 Å². The maximum Gasteiger partial charge on any atom is 0.432 e. The van der Waals surface area contributed by atoms with Gasteiger partial charge in [0.05, 0.1) is 17.2 Å². The monoisotopic (exact) mass is 538 g/mol. The summed E-state index contributed by atoms with van der Waals surface area (Å²) in [6.07, 6.45) is -0.0798. The van der Waals surface area contributed by atoms with Crippen molar-refractivity contribution in [1.82, 2.24) is 19.7 Å². The second-order valence-corrected chi connectivity index (χ2v) is 10.0. The fourth-order valence-electron chi connectivity index (χ4n) is 4.15. The predicted octanol–water partition coefficient (Wildman–Crippen LogP) is 5.59. The molecule has 0 fully saturated rings. The van der Waals surface area contributed by atoms with Gasteiger partial charge in [0.2, 0.25) is 5.91 Å². The third-order valence-corrected chi connectivity index (χ3v) is 5.74. The van der Waals surface area contributed by atoms with Crippen LogP contribution in [0.4, 0.5) is 22.0 Å². The number of benzene rings is 3. The standard InChI is InChI=1S/C29H26N6O5/c1-29(2,3)40-25(37)15-24(36)31-19-8-6-7-17(13-19)26-33-22-10-5-4-9-21(22)27(34-26)32-20-11-12-23-18(14-20)16-30-35(23)28(38)39/h4-14,16H,15H2,1-3H3,(H,31,36)(H,38,39)(H,32,33,34). The van der Waals surface area contributed by atoms with Gasteiger partial charge in [0.15, 0.2) is 5.82 Å². The van der Waals surface area contributed by atoms with Crippen LogP contribution in [0.3, 0.4) is 0 Å². The lowest BCUT2D eigenvalue weighted by Crippen LogP contribution is -2.27. The van der Waals surface area contributed by atoms with Gasteiger partial charge in [-0.1, -0.05) is 24.3 Å². The van der Waals surface area contributed by atoms with Crippen LogP contribution in [0.25, 0.3) is 33.2 Å². The Morgan fingerprint density at radius 3 is 2.52 bits per heavy atom. The third-order valence-electron chi connectivity index (χ3n) is 5.74. The van der Waals surface area contributed by atoms with E-state index in [0.717, 1.165) is 10.1 Å². The summed E-state index contributed by atoms with van der Waals surface area (Å²) in [7, 11) is 0. The molecule has 0 unspecified atom stereocenters. The van der Waals surface area contributed by atoms with Crippen LogP contribution in [-0.2, 0) is 14.3 Å². The summed E-state index contributed by atoms with van der Waals surface area (Å²) in [6, 6.07) is 19.8. The first-order valence-electron chi connectivity index (χ1n) is 12.4. The number of fused-ring (bicyclic) bond motifs is 2. The number of amides is 1. The Morgan fingerprint density at radius 2 is 1.75 bits per heavy atom. The Kier molecular flexibility index (Phi) is 6.87. The number of hydrogen-bond donors (Lipinski definition) is 3. The largest absolute Gasteiger partial charge is 0.463 e. The Labute approximate surface area is 228 Å².